The number of aliphatic hydroxyl groups is 2. The van der Waals surface area contributed by atoms with Crippen molar-refractivity contribution in [2.75, 3.05) is 13.2 Å². The van der Waals surface area contributed by atoms with Crippen molar-refractivity contribution in [3.8, 4) is 0 Å². The molecule has 0 aromatic carbocycles. The van der Waals surface area contributed by atoms with Gasteiger partial charge in [0.2, 0.25) is 0 Å². The molecule has 0 bridgehead atoms. The van der Waals surface area contributed by atoms with Crippen LogP contribution in [-0.4, -0.2) is 51.7 Å². The maximum atomic E-state index is 9.95. The van der Waals surface area contributed by atoms with Gasteiger partial charge in [0.05, 0.1) is 6.61 Å². The smallest absolute Gasteiger partial charge is 0.159 e. The van der Waals surface area contributed by atoms with Crippen LogP contribution >= 0.6 is 11.8 Å². The van der Waals surface area contributed by atoms with Gasteiger partial charge in [-0.25, -0.2) is 0 Å². The highest BCUT2D eigenvalue weighted by atomic mass is 32.2. The van der Waals surface area contributed by atoms with E-state index in [1.165, 1.54) is 11.8 Å². The fourth-order valence-corrected chi connectivity index (χ4v) is 3.37. The number of nitrogens with one attached hydrogen (secondary N) is 1. The summed E-state index contributed by atoms with van der Waals surface area (Å²) in [6.45, 7) is 4.97. The van der Waals surface area contributed by atoms with Gasteiger partial charge >= 0.3 is 0 Å². The minimum atomic E-state index is -0.838. The molecule has 0 saturated carbocycles. The first-order valence-electron chi connectivity index (χ1n) is 5.63. The van der Waals surface area contributed by atoms with Gasteiger partial charge in [-0.3, -0.25) is 4.99 Å². The number of hydrogen-bond donors (Lipinski definition) is 3. The second-order valence-electron chi connectivity index (χ2n) is 4.05. The Labute approximate surface area is 99.3 Å². The van der Waals surface area contributed by atoms with Crippen LogP contribution in [0.1, 0.15) is 20.3 Å². The fraction of sp³-hybridized carbons (Fsp3) is 0.900. The van der Waals surface area contributed by atoms with Gasteiger partial charge in [-0.2, -0.15) is 0 Å². The number of hydrogen-bond acceptors (Lipinski definition) is 6. The van der Waals surface area contributed by atoms with Crippen LogP contribution in [0, 0.1) is 0 Å². The number of aliphatic hydroxyl groups excluding tert-OH is 2. The van der Waals surface area contributed by atoms with E-state index >= 15 is 0 Å². The van der Waals surface area contributed by atoms with Gasteiger partial charge in [0.25, 0.3) is 0 Å². The molecule has 3 N–H and O–H groups in total. The van der Waals surface area contributed by atoms with Crippen LogP contribution in [0.15, 0.2) is 4.99 Å². The van der Waals surface area contributed by atoms with Crippen LogP contribution in [-0.2, 0) is 4.74 Å². The predicted molar refractivity (Wildman–Crippen MR) is 63.5 cm³/mol. The zero-order valence-corrected chi connectivity index (χ0v) is 10.3. The van der Waals surface area contributed by atoms with Gasteiger partial charge in [0, 0.05) is 6.54 Å². The SMILES string of the molecule is CCNC1=NC2C(O)C(O)COC2(CC)S1. The lowest BCUT2D eigenvalue weighted by Crippen LogP contribution is -2.56. The molecule has 92 valence electrons. The maximum Gasteiger partial charge on any atom is 0.159 e. The molecule has 1 fully saturated rings. The van der Waals surface area contributed by atoms with Gasteiger partial charge in [-0.15, -0.1) is 0 Å². The van der Waals surface area contributed by atoms with Gasteiger partial charge in [-0.1, -0.05) is 18.7 Å². The van der Waals surface area contributed by atoms with Gasteiger partial charge < -0.3 is 20.3 Å². The molecule has 2 aliphatic heterocycles. The Bertz CT molecular complexity index is 300. The van der Waals surface area contributed by atoms with Crippen LogP contribution in [0.25, 0.3) is 0 Å². The molecule has 2 heterocycles. The van der Waals surface area contributed by atoms with Gasteiger partial charge in [0.1, 0.15) is 23.2 Å². The molecule has 0 aromatic rings. The van der Waals surface area contributed by atoms with Crippen molar-refractivity contribution in [1.29, 1.82) is 0 Å². The first-order valence-corrected chi connectivity index (χ1v) is 6.45. The van der Waals surface area contributed by atoms with Crippen molar-refractivity contribution in [3.05, 3.63) is 0 Å². The van der Waals surface area contributed by atoms with E-state index in [-0.39, 0.29) is 12.6 Å². The van der Waals surface area contributed by atoms with Crippen molar-refractivity contribution in [1.82, 2.24) is 5.32 Å². The van der Waals surface area contributed by atoms with Crippen LogP contribution < -0.4 is 5.32 Å². The van der Waals surface area contributed by atoms with E-state index in [4.69, 9.17) is 4.74 Å². The molecule has 4 atom stereocenters. The van der Waals surface area contributed by atoms with E-state index < -0.39 is 17.1 Å². The van der Waals surface area contributed by atoms with Crippen molar-refractivity contribution in [2.24, 2.45) is 4.99 Å². The Morgan fingerprint density at radius 2 is 2.31 bits per heavy atom. The summed E-state index contributed by atoms with van der Waals surface area (Å²) in [6.07, 6.45) is -0.919. The lowest BCUT2D eigenvalue weighted by atomic mass is 9.95. The van der Waals surface area contributed by atoms with Crippen LogP contribution in [0.5, 0.6) is 0 Å². The van der Waals surface area contributed by atoms with E-state index in [9.17, 15) is 10.2 Å². The van der Waals surface area contributed by atoms with E-state index in [0.717, 1.165) is 18.1 Å². The molecule has 0 spiro atoms. The average Bonchev–Trinajstić information content (AvgIpc) is 2.65. The number of thioether (sulfide) groups is 1. The number of fused-ring (bicyclic) bond motifs is 1. The van der Waals surface area contributed by atoms with Crippen LogP contribution in [0.2, 0.25) is 0 Å². The second kappa shape index (κ2) is 4.52. The summed E-state index contributed by atoms with van der Waals surface area (Å²) >= 11 is 1.52. The zero-order chi connectivity index (χ0) is 11.8. The monoisotopic (exact) mass is 246 g/mol. The third-order valence-corrected chi connectivity index (χ3v) is 4.45. The molecular formula is C10H18N2O3S. The molecule has 16 heavy (non-hydrogen) atoms. The van der Waals surface area contributed by atoms with Crippen molar-refractivity contribution < 1.29 is 14.9 Å². The summed E-state index contributed by atoms with van der Waals surface area (Å²) in [4.78, 5) is 3.90. The zero-order valence-electron chi connectivity index (χ0n) is 9.51. The van der Waals surface area contributed by atoms with E-state index in [1.807, 2.05) is 13.8 Å². The summed E-state index contributed by atoms with van der Waals surface area (Å²) < 4.78 is 5.70. The molecule has 5 nitrogen and oxygen atoms in total. The third kappa shape index (κ3) is 1.84. The minimum Gasteiger partial charge on any atom is -0.388 e. The number of rotatable bonds is 2. The molecule has 1 saturated heterocycles. The Hall–Kier alpha value is -0.300. The molecule has 0 radical (unpaired) electrons. The normalized spacial score (nSPS) is 42.8. The Morgan fingerprint density at radius 3 is 2.94 bits per heavy atom. The third-order valence-electron chi connectivity index (χ3n) is 3.01. The summed E-state index contributed by atoms with van der Waals surface area (Å²) in [5.74, 6) is 0. The van der Waals surface area contributed by atoms with E-state index in [0.29, 0.717) is 0 Å². The first-order chi connectivity index (χ1) is 7.63. The Kier molecular flexibility index (Phi) is 3.44. The lowest BCUT2D eigenvalue weighted by Gasteiger charge is -2.41. The summed E-state index contributed by atoms with van der Waals surface area (Å²) in [5, 5.41) is 23.5. The van der Waals surface area contributed by atoms with Crippen molar-refractivity contribution in [2.45, 2.75) is 43.5 Å². The standard InChI is InChI=1S/C10H18N2O3S/c1-3-10-8(7(14)6(13)5-15-10)12-9(16-10)11-4-2/h6-8,13-14H,3-5H2,1-2H3,(H,11,12). The Balaban J connectivity index is 2.20. The van der Waals surface area contributed by atoms with Crippen molar-refractivity contribution in [3.63, 3.8) is 0 Å². The summed E-state index contributed by atoms with van der Waals surface area (Å²) in [6, 6.07) is -0.375. The number of nitrogens with zero attached hydrogens (tertiary/aromatic N) is 1. The maximum absolute atomic E-state index is 9.95. The molecule has 0 aromatic heterocycles. The van der Waals surface area contributed by atoms with E-state index in [1.54, 1.807) is 0 Å². The van der Waals surface area contributed by atoms with Gasteiger partial charge in [0.15, 0.2) is 5.17 Å². The fourth-order valence-electron chi connectivity index (χ4n) is 2.08. The predicted octanol–water partition coefficient (Wildman–Crippen LogP) is -0.0744. The molecule has 6 heteroatoms. The second-order valence-corrected chi connectivity index (χ2v) is 5.33. The molecule has 2 rings (SSSR count). The largest absolute Gasteiger partial charge is 0.388 e. The topological polar surface area (TPSA) is 74.1 Å². The highest BCUT2D eigenvalue weighted by Crippen LogP contribution is 2.45. The lowest BCUT2D eigenvalue weighted by molar-refractivity contribution is -0.145. The Morgan fingerprint density at radius 1 is 1.56 bits per heavy atom. The summed E-state index contributed by atoms with van der Waals surface area (Å²) in [5.41, 5.74) is 0. The van der Waals surface area contributed by atoms with E-state index in [2.05, 4.69) is 10.3 Å². The molecule has 2 aliphatic rings. The number of amidine groups is 1. The van der Waals surface area contributed by atoms with Crippen LogP contribution in [0.3, 0.4) is 0 Å². The van der Waals surface area contributed by atoms with Crippen LogP contribution in [0.4, 0.5) is 0 Å². The highest BCUT2D eigenvalue weighted by molar-refractivity contribution is 8.15. The molecule has 4 unspecified atom stereocenters. The minimum absolute atomic E-state index is 0.174. The molecule has 0 amide bonds. The van der Waals surface area contributed by atoms with Crippen molar-refractivity contribution >= 4 is 16.9 Å². The highest BCUT2D eigenvalue weighted by Gasteiger charge is 2.54. The quantitative estimate of drug-likeness (QED) is 0.636. The summed E-state index contributed by atoms with van der Waals surface area (Å²) in [7, 11) is 0. The molecular weight excluding hydrogens is 228 g/mol. The molecule has 0 aliphatic carbocycles. The van der Waals surface area contributed by atoms with Gasteiger partial charge in [-0.05, 0) is 13.3 Å². The first kappa shape index (κ1) is 12.2. The number of ether oxygens (including phenoxy) is 1. The number of aliphatic imine (C=N–C) groups is 1. The average molecular weight is 246 g/mol.